The van der Waals surface area contributed by atoms with Gasteiger partial charge in [0.05, 0.1) is 0 Å². The highest BCUT2D eigenvalue weighted by Gasteiger charge is 2.07. The van der Waals surface area contributed by atoms with E-state index in [9.17, 15) is 5.11 Å². The Hall–Kier alpha value is -0.990. The summed E-state index contributed by atoms with van der Waals surface area (Å²) >= 11 is 0. The van der Waals surface area contributed by atoms with Crippen molar-refractivity contribution in [2.24, 2.45) is 5.73 Å². The van der Waals surface area contributed by atoms with Crippen molar-refractivity contribution in [1.82, 2.24) is 0 Å². The van der Waals surface area contributed by atoms with Crippen molar-refractivity contribution in [3.05, 3.63) is 42.5 Å². The second kappa shape index (κ2) is 5.62. The van der Waals surface area contributed by atoms with Gasteiger partial charge in [-0.3, -0.25) is 0 Å². The van der Waals surface area contributed by atoms with Crippen LogP contribution in [0, 0.1) is 0 Å². The van der Waals surface area contributed by atoms with Gasteiger partial charge in [0, 0.05) is 11.6 Å². The van der Waals surface area contributed by atoms with Gasteiger partial charge < -0.3 is 10.8 Å². The molecule has 1 aromatic rings. The topological polar surface area (TPSA) is 46.2 Å². The van der Waals surface area contributed by atoms with E-state index in [1.807, 2.05) is 12.1 Å². The average Bonchev–Trinajstić information content (AvgIpc) is 2.05. The molecule has 3 N–H and O–H groups in total. The Morgan fingerprint density at radius 3 is 2.62 bits per heavy atom. The molecule has 2 nitrogen and oxygen atoms in total. The molecule has 1 atom stereocenters. The number of para-hydroxylation sites is 1. The largest absolute Gasteiger partial charge is 0.508 e. The highest BCUT2D eigenvalue weighted by atomic mass is 35.5. The third-order valence-corrected chi connectivity index (χ3v) is 1.76. The molecule has 0 radical (unpaired) electrons. The summed E-state index contributed by atoms with van der Waals surface area (Å²) in [5.74, 6) is 0.256. The first-order valence-electron chi connectivity index (χ1n) is 3.90. The van der Waals surface area contributed by atoms with E-state index in [2.05, 4.69) is 6.58 Å². The maximum absolute atomic E-state index is 9.39. The van der Waals surface area contributed by atoms with Crippen molar-refractivity contribution in [3.8, 4) is 5.75 Å². The molecule has 0 bridgehead atoms. The highest BCUT2D eigenvalue weighted by Crippen LogP contribution is 2.23. The van der Waals surface area contributed by atoms with Gasteiger partial charge in [-0.05, 0) is 12.5 Å². The molecule has 0 heterocycles. The molecule has 1 rings (SSSR count). The Labute approximate surface area is 84.5 Å². The summed E-state index contributed by atoms with van der Waals surface area (Å²) in [5, 5.41) is 9.39. The van der Waals surface area contributed by atoms with Crippen LogP contribution in [0.4, 0.5) is 0 Å². The normalized spacial score (nSPS) is 11.5. The Morgan fingerprint density at radius 2 is 2.08 bits per heavy atom. The molecule has 0 aliphatic rings. The lowest BCUT2D eigenvalue weighted by Gasteiger charge is -2.10. The Bertz CT molecular complexity index is 275. The fraction of sp³-hybridized carbons (Fsp3) is 0.200. The van der Waals surface area contributed by atoms with Crippen LogP contribution in [0.15, 0.2) is 36.9 Å². The number of phenols is 1. The van der Waals surface area contributed by atoms with Crippen LogP contribution in [0.2, 0.25) is 0 Å². The molecule has 0 aromatic heterocycles. The fourth-order valence-electron chi connectivity index (χ4n) is 1.11. The van der Waals surface area contributed by atoms with Crippen LogP contribution in [0.3, 0.4) is 0 Å². The van der Waals surface area contributed by atoms with E-state index in [-0.39, 0.29) is 24.2 Å². The number of benzene rings is 1. The lowest BCUT2D eigenvalue weighted by molar-refractivity contribution is 0.461. The van der Waals surface area contributed by atoms with Gasteiger partial charge in [-0.25, -0.2) is 0 Å². The predicted octanol–water partition coefficient (Wildman–Crippen LogP) is 2.39. The van der Waals surface area contributed by atoms with Gasteiger partial charge in [0.25, 0.3) is 0 Å². The zero-order valence-corrected chi connectivity index (χ0v) is 8.13. The standard InChI is InChI=1S/C10H13NO.ClH/c1-2-5-9(11)8-6-3-4-7-10(8)12;/h2-4,6-7,9,12H,1,5,11H2;1H/t9-;/m0./s1. The van der Waals surface area contributed by atoms with E-state index < -0.39 is 0 Å². The quantitative estimate of drug-likeness (QED) is 0.735. The molecular weight excluding hydrogens is 186 g/mol. The number of rotatable bonds is 3. The van der Waals surface area contributed by atoms with Gasteiger partial charge in [0.15, 0.2) is 0 Å². The van der Waals surface area contributed by atoms with Crippen molar-refractivity contribution in [2.45, 2.75) is 12.5 Å². The van der Waals surface area contributed by atoms with Gasteiger partial charge in [-0.1, -0.05) is 24.3 Å². The molecule has 0 spiro atoms. The maximum atomic E-state index is 9.39. The molecule has 0 unspecified atom stereocenters. The second-order valence-electron chi connectivity index (χ2n) is 2.69. The van der Waals surface area contributed by atoms with E-state index in [0.29, 0.717) is 6.42 Å². The smallest absolute Gasteiger partial charge is 0.120 e. The highest BCUT2D eigenvalue weighted by molar-refractivity contribution is 5.85. The zero-order valence-electron chi connectivity index (χ0n) is 7.31. The minimum Gasteiger partial charge on any atom is -0.508 e. The summed E-state index contributed by atoms with van der Waals surface area (Å²) in [5.41, 5.74) is 6.55. The number of aromatic hydroxyl groups is 1. The van der Waals surface area contributed by atoms with Crippen molar-refractivity contribution in [3.63, 3.8) is 0 Å². The molecule has 0 saturated carbocycles. The third kappa shape index (κ3) is 3.09. The molecule has 0 fully saturated rings. The number of halogens is 1. The van der Waals surface area contributed by atoms with E-state index in [1.54, 1.807) is 18.2 Å². The number of phenolic OH excluding ortho intramolecular Hbond substituents is 1. The molecule has 0 amide bonds. The minimum atomic E-state index is -0.149. The first kappa shape index (κ1) is 12.0. The molecule has 1 aromatic carbocycles. The molecule has 72 valence electrons. The molecule has 0 aliphatic heterocycles. The van der Waals surface area contributed by atoms with Crippen LogP contribution in [-0.4, -0.2) is 5.11 Å². The monoisotopic (exact) mass is 199 g/mol. The Morgan fingerprint density at radius 1 is 1.46 bits per heavy atom. The number of nitrogens with two attached hydrogens (primary N) is 1. The van der Waals surface area contributed by atoms with E-state index in [1.165, 1.54) is 0 Å². The van der Waals surface area contributed by atoms with E-state index in [4.69, 9.17) is 5.73 Å². The zero-order chi connectivity index (χ0) is 8.97. The van der Waals surface area contributed by atoms with Crippen molar-refractivity contribution in [1.29, 1.82) is 0 Å². The van der Waals surface area contributed by atoms with Crippen LogP contribution in [0.1, 0.15) is 18.0 Å². The van der Waals surface area contributed by atoms with Crippen molar-refractivity contribution in [2.75, 3.05) is 0 Å². The first-order valence-corrected chi connectivity index (χ1v) is 3.90. The summed E-state index contributed by atoms with van der Waals surface area (Å²) in [7, 11) is 0. The summed E-state index contributed by atoms with van der Waals surface area (Å²) in [4.78, 5) is 0. The Kier molecular flexibility index (Phi) is 5.19. The first-order chi connectivity index (χ1) is 5.75. The minimum absolute atomic E-state index is 0. The summed E-state index contributed by atoms with van der Waals surface area (Å²) in [6, 6.07) is 6.95. The third-order valence-electron chi connectivity index (χ3n) is 1.76. The number of hydrogen-bond donors (Lipinski definition) is 2. The lowest BCUT2D eigenvalue weighted by Crippen LogP contribution is -2.08. The van der Waals surface area contributed by atoms with Crippen LogP contribution >= 0.6 is 12.4 Å². The van der Waals surface area contributed by atoms with E-state index >= 15 is 0 Å². The number of hydrogen-bond acceptors (Lipinski definition) is 2. The SMILES string of the molecule is C=CC[C@H](N)c1ccccc1O.Cl. The van der Waals surface area contributed by atoms with Gasteiger partial charge in [0.2, 0.25) is 0 Å². The second-order valence-corrected chi connectivity index (χ2v) is 2.69. The van der Waals surface area contributed by atoms with Crippen molar-refractivity contribution < 1.29 is 5.11 Å². The fourth-order valence-corrected chi connectivity index (χ4v) is 1.11. The van der Waals surface area contributed by atoms with E-state index in [0.717, 1.165) is 5.56 Å². The molecule has 13 heavy (non-hydrogen) atoms. The van der Waals surface area contributed by atoms with Crippen LogP contribution in [-0.2, 0) is 0 Å². The van der Waals surface area contributed by atoms with Gasteiger partial charge >= 0.3 is 0 Å². The Balaban J connectivity index is 0.00000144. The molecule has 0 aliphatic carbocycles. The maximum Gasteiger partial charge on any atom is 0.120 e. The van der Waals surface area contributed by atoms with Gasteiger partial charge in [-0.2, -0.15) is 0 Å². The lowest BCUT2D eigenvalue weighted by atomic mass is 10.0. The predicted molar refractivity (Wildman–Crippen MR) is 57.1 cm³/mol. The van der Waals surface area contributed by atoms with Crippen LogP contribution < -0.4 is 5.73 Å². The van der Waals surface area contributed by atoms with Crippen LogP contribution in [0.5, 0.6) is 5.75 Å². The summed E-state index contributed by atoms with van der Waals surface area (Å²) in [6.45, 7) is 3.59. The molecular formula is C10H14ClNO. The molecule has 3 heteroatoms. The van der Waals surface area contributed by atoms with Crippen LogP contribution in [0.25, 0.3) is 0 Å². The van der Waals surface area contributed by atoms with Gasteiger partial charge in [-0.15, -0.1) is 19.0 Å². The van der Waals surface area contributed by atoms with Gasteiger partial charge in [0.1, 0.15) is 5.75 Å². The summed E-state index contributed by atoms with van der Waals surface area (Å²) < 4.78 is 0. The molecule has 0 saturated heterocycles. The van der Waals surface area contributed by atoms with Crippen molar-refractivity contribution >= 4 is 12.4 Å². The summed E-state index contributed by atoms with van der Waals surface area (Å²) in [6.07, 6.45) is 2.43. The average molecular weight is 200 g/mol.